The van der Waals surface area contributed by atoms with Gasteiger partial charge in [-0.15, -0.1) is 11.6 Å². The highest BCUT2D eigenvalue weighted by Gasteiger charge is 2.44. The topological polar surface area (TPSA) is 32.3 Å². The molecular weight excluding hydrogens is 200 g/mol. The lowest BCUT2D eigenvalue weighted by molar-refractivity contribution is -0.144. The standard InChI is InChI=1S/C10H17ClN2O/c11-4-1-9(14)13-7-10(8-13)2-5-12-6-3-10/h12H,1-8H2. The molecule has 14 heavy (non-hydrogen) atoms. The number of carbonyl (C=O) groups excluding carboxylic acids is 1. The van der Waals surface area contributed by atoms with E-state index in [2.05, 4.69) is 5.32 Å². The Morgan fingerprint density at radius 1 is 1.36 bits per heavy atom. The van der Waals surface area contributed by atoms with Crippen molar-refractivity contribution in [1.82, 2.24) is 10.2 Å². The second-order valence-corrected chi connectivity index (χ2v) is 4.82. The van der Waals surface area contributed by atoms with Gasteiger partial charge < -0.3 is 10.2 Å². The van der Waals surface area contributed by atoms with Crippen molar-refractivity contribution in [3.8, 4) is 0 Å². The van der Waals surface area contributed by atoms with Crippen LogP contribution in [-0.4, -0.2) is 42.9 Å². The van der Waals surface area contributed by atoms with Gasteiger partial charge in [0.2, 0.25) is 5.91 Å². The van der Waals surface area contributed by atoms with E-state index >= 15 is 0 Å². The molecule has 0 bridgehead atoms. The molecule has 0 saturated carbocycles. The summed E-state index contributed by atoms with van der Waals surface area (Å²) < 4.78 is 0. The van der Waals surface area contributed by atoms with E-state index in [9.17, 15) is 4.79 Å². The number of carbonyl (C=O) groups is 1. The minimum atomic E-state index is 0.226. The van der Waals surface area contributed by atoms with E-state index in [0.29, 0.717) is 17.7 Å². The maximum atomic E-state index is 11.5. The third kappa shape index (κ3) is 1.89. The Labute approximate surface area is 89.8 Å². The van der Waals surface area contributed by atoms with Gasteiger partial charge in [0, 0.05) is 30.8 Å². The Morgan fingerprint density at radius 3 is 2.57 bits per heavy atom. The first kappa shape index (κ1) is 10.2. The third-order valence-electron chi connectivity index (χ3n) is 3.38. The normalized spacial score (nSPS) is 24.8. The zero-order valence-electron chi connectivity index (χ0n) is 8.39. The summed E-state index contributed by atoms with van der Waals surface area (Å²) in [6, 6.07) is 0. The number of nitrogens with one attached hydrogen (secondary N) is 1. The summed E-state index contributed by atoms with van der Waals surface area (Å²) in [5.41, 5.74) is 0.452. The molecule has 0 aromatic carbocycles. The number of rotatable bonds is 2. The average molecular weight is 217 g/mol. The molecule has 4 heteroatoms. The van der Waals surface area contributed by atoms with Gasteiger partial charge in [-0.1, -0.05) is 0 Å². The largest absolute Gasteiger partial charge is 0.341 e. The van der Waals surface area contributed by atoms with E-state index in [0.717, 1.165) is 26.2 Å². The Kier molecular flexibility index (Phi) is 2.98. The highest BCUT2D eigenvalue weighted by molar-refractivity contribution is 6.18. The van der Waals surface area contributed by atoms with Crippen LogP contribution in [0.4, 0.5) is 0 Å². The Bertz CT molecular complexity index is 218. The molecule has 0 unspecified atom stereocenters. The van der Waals surface area contributed by atoms with Crippen molar-refractivity contribution in [3.05, 3.63) is 0 Å². The van der Waals surface area contributed by atoms with Crippen LogP contribution in [0.15, 0.2) is 0 Å². The molecule has 1 spiro atoms. The number of amides is 1. The lowest BCUT2D eigenvalue weighted by Crippen LogP contribution is -2.61. The van der Waals surface area contributed by atoms with Gasteiger partial charge in [0.1, 0.15) is 0 Å². The fraction of sp³-hybridized carbons (Fsp3) is 0.900. The van der Waals surface area contributed by atoms with Gasteiger partial charge in [0.25, 0.3) is 0 Å². The summed E-state index contributed by atoms with van der Waals surface area (Å²) in [6.07, 6.45) is 2.94. The monoisotopic (exact) mass is 216 g/mol. The molecule has 3 nitrogen and oxygen atoms in total. The van der Waals surface area contributed by atoms with E-state index in [4.69, 9.17) is 11.6 Å². The molecule has 2 rings (SSSR count). The number of likely N-dealkylation sites (tertiary alicyclic amines) is 1. The predicted octanol–water partition coefficient (Wildman–Crippen LogP) is 0.827. The Morgan fingerprint density at radius 2 is 2.00 bits per heavy atom. The molecule has 2 aliphatic heterocycles. The molecule has 2 fully saturated rings. The quantitative estimate of drug-likeness (QED) is 0.694. The van der Waals surface area contributed by atoms with Crippen LogP contribution in [0, 0.1) is 5.41 Å². The van der Waals surface area contributed by atoms with E-state index in [1.165, 1.54) is 12.8 Å². The minimum absolute atomic E-state index is 0.226. The molecule has 0 aliphatic carbocycles. The van der Waals surface area contributed by atoms with Gasteiger partial charge in [-0.3, -0.25) is 4.79 Å². The minimum Gasteiger partial charge on any atom is -0.341 e. The van der Waals surface area contributed by atoms with E-state index in [-0.39, 0.29) is 5.91 Å². The first-order chi connectivity index (χ1) is 6.76. The van der Waals surface area contributed by atoms with Gasteiger partial charge >= 0.3 is 0 Å². The van der Waals surface area contributed by atoms with Crippen molar-refractivity contribution >= 4 is 17.5 Å². The molecule has 1 N–H and O–H groups in total. The van der Waals surface area contributed by atoms with Crippen LogP contribution >= 0.6 is 11.6 Å². The number of halogens is 1. The van der Waals surface area contributed by atoms with Crippen molar-refractivity contribution < 1.29 is 4.79 Å². The van der Waals surface area contributed by atoms with Crippen LogP contribution in [0.1, 0.15) is 19.3 Å². The lowest BCUT2D eigenvalue weighted by Gasteiger charge is -2.52. The number of nitrogens with zero attached hydrogens (tertiary/aromatic N) is 1. The highest BCUT2D eigenvalue weighted by atomic mass is 35.5. The zero-order chi connectivity index (χ0) is 10.0. The maximum Gasteiger partial charge on any atom is 0.223 e. The van der Waals surface area contributed by atoms with Gasteiger partial charge in [0.15, 0.2) is 0 Å². The average Bonchev–Trinajstić information content (AvgIpc) is 2.16. The van der Waals surface area contributed by atoms with Gasteiger partial charge in [-0.2, -0.15) is 0 Å². The molecule has 0 atom stereocenters. The second-order valence-electron chi connectivity index (χ2n) is 4.44. The van der Waals surface area contributed by atoms with Gasteiger partial charge in [0.05, 0.1) is 0 Å². The van der Waals surface area contributed by atoms with Gasteiger partial charge in [-0.05, 0) is 25.9 Å². The molecule has 0 radical (unpaired) electrons. The van der Waals surface area contributed by atoms with Crippen molar-refractivity contribution in [2.75, 3.05) is 32.1 Å². The lowest BCUT2D eigenvalue weighted by atomic mass is 9.72. The van der Waals surface area contributed by atoms with Crippen LogP contribution in [0.25, 0.3) is 0 Å². The van der Waals surface area contributed by atoms with E-state index in [1.54, 1.807) is 0 Å². The molecule has 0 aromatic heterocycles. The number of hydrogen-bond acceptors (Lipinski definition) is 2. The Balaban J connectivity index is 1.79. The number of hydrogen-bond donors (Lipinski definition) is 1. The number of alkyl halides is 1. The summed E-state index contributed by atoms with van der Waals surface area (Å²) in [5.74, 6) is 0.674. The van der Waals surface area contributed by atoms with Crippen LogP contribution in [0.5, 0.6) is 0 Å². The van der Waals surface area contributed by atoms with Crippen molar-refractivity contribution in [1.29, 1.82) is 0 Å². The third-order valence-corrected chi connectivity index (χ3v) is 3.57. The van der Waals surface area contributed by atoms with Crippen molar-refractivity contribution in [3.63, 3.8) is 0 Å². The first-order valence-electron chi connectivity index (χ1n) is 5.30. The van der Waals surface area contributed by atoms with Crippen LogP contribution in [-0.2, 0) is 4.79 Å². The molecule has 1 amide bonds. The number of piperidine rings is 1. The molecule has 0 aromatic rings. The molecule has 2 saturated heterocycles. The summed E-state index contributed by atoms with van der Waals surface area (Å²) in [5, 5.41) is 3.35. The summed E-state index contributed by atoms with van der Waals surface area (Å²) >= 11 is 5.54. The highest BCUT2D eigenvalue weighted by Crippen LogP contribution is 2.38. The van der Waals surface area contributed by atoms with Crippen LogP contribution < -0.4 is 5.32 Å². The first-order valence-corrected chi connectivity index (χ1v) is 5.84. The van der Waals surface area contributed by atoms with Crippen LogP contribution in [0.2, 0.25) is 0 Å². The molecule has 2 heterocycles. The van der Waals surface area contributed by atoms with E-state index < -0.39 is 0 Å². The Hall–Kier alpha value is -0.280. The van der Waals surface area contributed by atoms with Crippen molar-refractivity contribution in [2.24, 2.45) is 5.41 Å². The van der Waals surface area contributed by atoms with Crippen LogP contribution in [0.3, 0.4) is 0 Å². The second kappa shape index (κ2) is 4.07. The fourth-order valence-corrected chi connectivity index (χ4v) is 2.61. The van der Waals surface area contributed by atoms with Gasteiger partial charge in [-0.25, -0.2) is 0 Å². The summed E-state index contributed by atoms with van der Waals surface area (Å²) in [7, 11) is 0. The smallest absolute Gasteiger partial charge is 0.223 e. The fourth-order valence-electron chi connectivity index (χ4n) is 2.45. The molecule has 2 aliphatic rings. The summed E-state index contributed by atoms with van der Waals surface area (Å²) in [4.78, 5) is 13.4. The maximum absolute atomic E-state index is 11.5. The van der Waals surface area contributed by atoms with Crippen molar-refractivity contribution in [2.45, 2.75) is 19.3 Å². The van der Waals surface area contributed by atoms with E-state index in [1.807, 2.05) is 4.90 Å². The zero-order valence-corrected chi connectivity index (χ0v) is 9.15. The predicted molar refractivity (Wildman–Crippen MR) is 56.5 cm³/mol. The molecule has 80 valence electrons. The summed E-state index contributed by atoms with van der Waals surface area (Å²) in [6.45, 7) is 4.14. The molecular formula is C10H17ClN2O. The SMILES string of the molecule is O=C(CCCl)N1CC2(CCNCC2)C1.